The number of methoxy groups -OCH3 is 2. The average molecular weight is 675 g/mol. The summed E-state index contributed by atoms with van der Waals surface area (Å²) in [6.07, 6.45) is 9.77. The fourth-order valence-electron chi connectivity index (χ4n) is 5.26. The lowest BCUT2D eigenvalue weighted by atomic mass is 9.88. The van der Waals surface area contributed by atoms with E-state index in [9.17, 15) is 24.6 Å². The van der Waals surface area contributed by atoms with Gasteiger partial charge in [-0.05, 0) is 55.7 Å². The van der Waals surface area contributed by atoms with E-state index < -0.39 is 29.6 Å². The van der Waals surface area contributed by atoms with Gasteiger partial charge >= 0.3 is 12.1 Å². The Labute approximate surface area is 283 Å². The van der Waals surface area contributed by atoms with Gasteiger partial charge in [-0.1, -0.05) is 68.1 Å². The molecule has 0 unspecified atom stereocenters. The lowest BCUT2D eigenvalue weighted by molar-refractivity contribution is 0.101. The molecule has 2 N–H and O–H groups in total. The minimum Gasteiger partial charge on any atom is -0.507 e. The summed E-state index contributed by atoms with van der Waals surface area (Å²) in [6, 6.07) is 10.0. The fraction of sp³-hybridized carbons (Fsp3) is 0.297. The number of hydrogen-bond donors (Lipinski definition) is 2. The maximum atomic E-state index is 13.9. The Morgan fingerprint density at radius 2 is 1.94 bits per heavy atom. The van der Waals surface area contributed by atoms with E-state index in [1.807, 2.05) is 13.0 Å². The molecule has 2 atom stereocenters. The predicted octanol–water partition coefficient (Wildman–Crippen LogP) is 5.39. The molecule has 0 saturated carbocycles. The molecular formula is C37H38O10S. The largest absolute Gasteiger partial charge is 0.516 e. The van der Waals surface area contributed by atoms with Gasteiger partial charge < -0.3 is 33.6 Å². The van der Waals surface area contributed by atoms with Crippen molar-refractivity contribution in [2.75, 3.05) is 20.8 Å². The number of thiocarbonyl (C=S) groups is 1. The van der Waals surface area contributed by atoms with Gasteiger partial charge in [0.05, 0.1) is 43.3 Å². The lowest BCUT2D eigenvalue weighted by Gasteiger charge is -2.22. The molecule has 0 aliphatic heterocycles. The van der Waals surface area contributed by atoms with Crippen LogP contribution in [0.25, 0.3) is 12.2 Å². The summed E-state index contributed by atoms with van der Waals surface area (Å²) < 4.78 is 27.1. The lowest BCUT2D eigenvalue weighted by Crippen LogP contribution is -2.44. The molecule has 10 nitrogen and oxygen atoms in total. The normalized spacial score (nSPS) is 13.7. The summed E-state index contributed by atoms with van der Waals surface area (Å²) >= 11 is 5.28. The summed E-state index contributed by atoms with van der Waals surface area (Å²) in [6.45, 7) is 3.67. The minimum absolute atomic E-state index is 0.0543. The van der Waals surface area contributed by atoms with E-state index in [1.165, 1.54) is 20.1 Å². The highest BCUT2D eigenvalue weighted by molar-refractivity contribution is 7.81. The number of aromatic hydroxyl groups is 1. The van der Waals surface area contributed by atoms with Crippen molar-refractivity contribution in [2.24, 2.45) is 0 Å². The van der Waals surface area contributed by atoms with Gasteiger partial charge in [-0.3, -0.25) is 9.59 Å². The number of carbonyl (C=O) groups excluding carboxylic acids is 2. The highest BCUT2D eigenvalue weighted by atomic mass is 32.1. The van der Waals surface area contributed by atoms with Crippen LogP contribution in [0.1, 0.15) is 72.2 Å². The van der Waals surface area contributed by atoms with Crippen LogP contribution >= 0.6 is 12.2 Å². The molecule has 1 aromatic heterocycles. The molecule has 1 aliphatic rings. The molecular weight excluding hydrogens is 636 g/mol. The van der Waals surface area contributed by atoms with Crippen LogP contribution in [-0.4, -0.2) is 47.8 Å². The van der Waals surface area contributed by atoms with E-state index in [2.05, 4.69) is 4.74 Å². The Morgan fingerprint density at radius 3 is 2.65 bits per heavy atom. The van der Waals surface area contributed by atoms with Crippen LogP contribution in [0, 0.1) is 0 Å². The highest BCUT2D eigenvalue weighted by Crippen LogP contribution is 2.36. The second-order valence-electron chi connectivity index (χ2n) is 10.9. The van der Waals surface area contributed by atoms with E-state index in [0.29, 0.717) is 46.8 Å². The second-order valence-corrected chi connectivity index (χ2v) is 11.5. The number of hydrogen-bond acceptors (Lipinski definition) is 11. The van der Waals surface area contributed by atoms with Crippen molar-refractivity contribution in [3.63, 3.8) is 0 Å². The van der Waals surface area contributed by atoms with Crippen LogP contribution in [-0.2, 0) is 11.2 Å². The molecule has 0 amide bonds. The topological polar surface area (TPSA) is 142 Å². The number of phenols is 1. The van der Waals surface area contributed by atoms with Gasteiger partial charge in [0.25, 0.3) is 0 Å². The van der Waals surface area contributed by atoms with Gasteiger partial charge in [-0.2, -0.15) is 0 Å². The first kappa shape index (κ1) is 35.8. The number of fused-ring (bicyclic) bond motifs is 1. The van der Waals surface area contributed by atoms with Gasteiger partial charge in [0.1, 0.15) is 22.7 Å². The van der Waals surface area contributed by atoms with Gasteiger partial charge in [-0.15, -0.1) is 0 Å². The molecule has 2 aromatic carbocycles. The number of rotatable bonds is 14. The number of allylic oxidation sites excluding steroid dienone is 2. The fourth-order valence-corrected chi connectivity index (χ4v) is 5.46. The Bertz CT molecular complexity index is 1920. The van der Waals surface area contributed by atoms with E-state index in [1.54, 1.807) is 60.7 Å². The molecule has 252 valence electrons. The molecule has 3 aromatic rings. The van der Waals surface area contributed by atoms with Crippen LogP contribution in [0.5, 0.6) is 23.2 Å². The minimum atomic E-state index is -1.29. The maximum absolute atomic E-state index is 13.9. The quantitative estimate of drug-likeness (QED) is 0.0748. The number of aliphatic hydroxyl groups excluding tert-OH is 1. The number of carbonyl (C=O) groups is 2. The number of ether oxygens (including phenoxy) is 4. The van der Waals surface area contributed by atoms with E-state index in [-0.39, 0.29) is 39.9 Å². The van der Waals surface area contributed by atoms with Crippen LogP contribution in [0.3, 0.4) is 0 Å². The van der Waals surface area contributed by atoms with Crippen molar-refractivity contribution in [1.82, 2.24) is 0 Å². The Morgan fingerprint density at radius 1 is 1.15 bits per heavy atom. The zero-order chi connectivity index (χ0) is 34.8. The predicted molar refractivity (Wildman–Crippen MR) is 185 cm³/mol. The SMILES string of the molecule is CCCc1c(OCC/C=C\C=C\[C@@H](c2c(OC(=O)OC)oc3c(c2=O)=CCC(=S)C=3)[C@@H](O)c2cccc(OC)c2)ccc(C(C)=O)c1O. The smallest absolute Gasteiger partial charge is 0.507 e. The van der Waals surface area contributed by atoms with E-state index in [0.717, 1.165) is 13.5 Å². The third-order valence-electron chi connectivity index (χ3n) is 7.66. The van der Waals surface area contributed by atoms with Gasteiger partial charge in [-0.25, -0.2) is 4.79 Å². The molecule has 1 heterocycles. The van der Waals surface area contributed by atoms with Gasteiger partial charge in [0.15, 0.2) is 11.2 Å². The van der Waals surface area contributed by atoms with Crippen molar-refractivity contribution >= 4 is 41.2 Å². The van der Waals surface area contributed by atoms with Gasteiger partial charge in [0, 0.05) is 22.8 Å². The average Bonchev–Trinajstić information content (AvgIpc) is 3.07. The molecule has 4 rings (SSSR count). The third-order valence-corrected chi connectivity index (χ3v) is 7.94. The summed E-state index contributed by atoms with van der Waals surface area (Å²) in [5, 5.41) is 22.5. The number of Topliss-reactive ketones (excluding diaryl/α,β-unsaturated/α-hetero) is 1. The first-order chi connectivity index (χ1) is 23.1. The van der Waals surface area contributed by atoms with Crippen molar-refractivity contribution in [3.05, 3.63) is 104 Å². The number of benzene rings is 2. The number of ketones is 1. The molecule has 48 heavy (non-hydrogen) atoms. The first-order valence-corrected chi connectivity index (χ1v) is 15.8. The van der Waals surface area contributed by atoms with Crippen LogP contribution in [0.4, 0.5) is 4.79 Å². The molecule has 0 saturated heterocycles. The van der Waals surface area contributed by atoms with Crippen molar-refractivity contribution in [2.45, 2.75) is 51.6 Å². The van der Waals surface area contributed by atoms with Gasteiger partial charge in [0.2, 0.25) is 0 Å². The molecule has 0 spiro atoms. The summed E-state index contributed by atoms with van der Waals surface area (Å²) in [4.78, 5) is 38.6. The number of aliphatic hydroxyl groups is 1. The number of phenolic OH excluding ortho intramolecular Hbond substituents is 1. The first-order valence-electron chi connectivity index (χ1n) is 15.4. The Hall–Kier alpha value is -5.00. The van der Waals surface area contributed by atoms with E-state index in [4.69, 9.17) is 30.8 Å². The monoisotopic (exact) mass is 674 g/mol. The highest BCUT2D eigenvalue weighted by Gasteiger charge is 2.31. The molecule has 0 fully saturated rings. The van der Waals surface area contributed by atoms with Crippen LogP contribution in [0.2, 0.25) is 0 Å². The van der Waals surface area contributed by atoms with Crippen molar-refractivity contribution in [3.8, 4) is 23.2 Å². The zero-order valence-electron chi connectivity index (χ0n) is 27.2. The van der Waals surface area contributed by atoms with Crippen LogP contribution < -0.4 is 30.3 Å². The van der Waals surface area contributed by atoms with E-state index >= 15 is 0 Å². The molecule has 0 radical (unpaired) electrons. The third kappa shape index (κ3) is 8.47. The van der Waals surface area contributed by atoms with Crippen molar-refractivity contribution in [1.29, 1.82) is 0 Å². The zero-order valence-corrected chi connectivity index (χ0v) is 28.0. The maximum Gasteiger partial charge on any atom is 0.516 e. The van der Waals surface area contributed by atoms with Crippen molar-refractivity contribution < 1.29 is 43.2 Å². The molecule has 0 bridgehead atoms. The molecule has 11 heteroatoms. The summed E-state index contributed by atoms with van der Waals surface area (Å²) in [5.41, 5.74) is 0.856. The van der Waals surface area contributed by atoms with Crippen LogP contribution in [0.15, 0.2) is 69.9 Å². The molecule has 1 aliphatic carbocycles. The Kier molecular flexibility index (Phi) is 12.5. The summed E-state index contributed by atoms with van der Waals surface area (Å²) in [5.74, 6) is -0.728. The second kappa shape index (κ2) is 16.7. The summed E-state index contributed by atoms with van der Waals surface area (Å²) in [7, 11) is 2.63. The Balaban J connectivity index is 1.65. The standard InChI is InChI=1S/C37H38O10S/c1-5-11-27-30(18-17-26(22(2)38)34(27)40)45-19-9-7-6-8-14-29(33(39)23-12-10-13-24(20-23)43-3)32-35(41)28-16-15-25(48)21-31(28)46-36(32)47-37(42)44-4/h6-8,10,12-14,16-18,20-21,29,33,39-40H,5,9,11,15,19H2,1-4H3/b7-6-,14-8+/t29-,33-/m0/s1.